The van der Waals surface area contributed by atoms with Crippen molar-refractivity contribution in [1.29, 1.82) is 0 Å². The number of nitrogens with two attached hydrogens (primary N) is 1. The fourth-order valence-corrected chi connectivity index (χ4v) is 2.09. The molecule has 108 valence electrons. The molecule has 0 radical (unpaired) electrons. The Hall–Kier alpha value is -1.07. The van der Waals surface area contributed by atoms with Gasteiger partial charge in [-0.15, -0.1) is 0 Å². The lowest BCUT2D eigenvalue weighted by molar-refractivity contribution is 0.214. The van der Waals surface area contributed by atoms with Gasteiger partial charge in [-0.1, -0.05) is 20.3 Å². The van der Waals surface area contributed by atoms with E-state index in [-0.39, 0.29) is 12.6 Å². The zero-order valence-corrected chi connectivity index (χ0v) is 11.6. The van der Waals surface area contributed by atoms with Crippen molar-refractivity contribution in [3.8, 4) is 0 Å². The second-order valence-electron chi connectivity index (χ2n) is 5.00. The SMILES string of the molecule is CCC(C)CN(C)C(CN)c1cc(F)c(F)c(F)c1. The Morgan fingerprint density at radius 2 is 1.74 bits per heavy atom. The van der Waals surface area contributed by atoms with E-state index in [2.05, 4.69) is 13.8 Å². The first-order chi connectivity index (χ1) is 8.90. The second-order valence-corrected chi connectivity index (χ2v) is 5.00. The fraction of sp³-hybridized carbons (Fsp3) is 0.571. The average molecular weight is 274 g/mol. The third-order valence-electron chi connectivity index (χ3n) is 3.44. The van der Waals surface area contributed by atoms with E-state index in [0.717, 1.165) is 25.1 Å². The van der Waals surface area contributed by atoms with Crippen molar-refractivity contribution in [3.63, 3.8) is 0 Å². The van der Waals surface area contributed by atoms with E-state index < -0.39 is 17.5 Å². The molecule has 1 aromatic carbocycles. The number of rotatable bonds is 6. The number of benzene rings is 1. The molecule has 0 aromatic heterocycles. The summed E-state index contributed by atoms with van der Waals surface area (Å²) in [6.45, 7) is 5.15. The van der Waals surface area contributed by atoms with Crippen LogP contribution in [-0.2, 0) is 0 Å². The number of halogens is 3. The predicted molar refractivity (Wildman–Crippen MR) is 70.2 cm³/mol. The maximum Gasteiger partial charge on any atom is 0.194 e. The molecule has 19 heavy (non-hydrogen) atoms. The summed E-state index contributed by atoms with van der Waals surface area (Å²) < 4.78 is 39.5. The lowest BCUT2D eigenvalue weighted by Gasteiger charge is -2.29. The van der Waals surface area contributed by atoms with Gasteiger partial charge in [0.1, 0.15) is 0 Å². The number of nitrogens with zero attached hydrogens (tertiary/aromatic N) is 1. The molecule has 2 atom stereocenters. The Balaban J connectivity index is 2.96. The quantitative estimate of drug-likeness (QED) is 0.808. The molecule has 2 N–H and O–H groups in total. The Morgan fingerprint density at radius 3 is 2.16 bits per heavy atom. The molecule has 1 rings (SSSR count). The molecule has 0 fully saturated rings. The highest BCUT2D eigenvalue weighted by Gasteiger charge is 2.20. The number of hydrogen-bond donors (Lipinski definition) is 1. The smallest absolute Gasteiger partial charge is 0.194 e. The molecule has 0 spiro atoms. The van der Waals surface area contributed by atoms with Crippen molar-refractivity contribution >= 4 is 0 Å². The van der Waals surface area contributed by atoms with Crippen molar-refractivity contribution in [2.24, 2.45) is 11.7 Å². The molecule has 0 saturated carbocycles. The highest BCUT2D eigenvalue weighted by Crippen LogP contribution is 2.23. The van der Waals surface area contributed by atoms with Gasteiger partial charge >= 0.3 is 0 Å². The van der Waals surface area contributed by atoms with Crippen molar-refractivity contribution in [3.05, 3.63) is 35.1 Å². The molecule has 0 bridgehead atoms. The van der Waals surface area contributed by atoms with Gasteiger partial charge in [-0.25, -0.2) is 13.2 Å². The summed E-state index contributed by atoms with van der Waals surface area (Å²) in [5.74, 6) is -3.34. The topological polar surface area (TPSA) is 29.3 Å². The van der Waals surface area contributed by atoms with Crippen LogP contribution < -0.4 is 5.73 Å². The molecule has 1 aromatic rings. The molecule has 0 heterocycles. The second kappa shape index (κ2) is 6.91. The van der Waals surface area contributed by atoms with Crippen LogP contribution in [0.25, 0.3) is 0 Å². The summed E-state index contributed by atoms with van der Waals surface area (Å²) in [6.07, 6.45) is 1.01. The molecule has 0 aliphatic heterocycles. The first-order valence-corrected chi connectivity index (χ1v) is 6.45. The van der Waals surface area contributed by atoms with Crippen molar-refractivity contribution in [1.82, 2.24) is 4.90 Å². The summed E-state index contributed by atoms with van der Waals surface area (Å²) in [5.41, 5.74) is 6.05. The Labute approximate surface area is 112 Å². The van der Waals surface area contributed by atoms with E-state index >= 15 is 0 Å². The Kier molecular flexibility index (Phi) is 5.82. The molecular weight excluding hydrogens is 253 g/mol. The molecule has 0 amide bonds. The number of likely N-dealkylation sites (N-methyl/N-ethyl adjacent to an activating group) is 1. The third kappa shape index (κ3) is 3.94. The molecule has 0 aliphatic carbocycles. The third-order valence-corrected chi connectivity index (χ3v) is 3.44. The van der Waals surface area contributed by atoms with Crippen LogP contribution in [0.2, 0.25) is 0 Å². The summed E-state index contributed by atoms with van der Waals surface area (Å²) in [7, 11) is 1.85. The summed E-state index contributed by atoms with van der Waals surface area (Å²) in [6, 6.07) is 1.71. The maximum atomic E-state index is 13.3. The fourth-order valence-electron chi connectivity index (χ4n) is 2.09. The van der Waals surface area contributed by atoms with E-state index in [0.29, 0.717) is 11.5 Å². The molecule has 0 aliphatic rings. The van der Waals surface area contributed by atoms with E-state index in [1.807, 2.05) is 11.9 Å². The monoisotopic (exact) mass is 274 g/mol. The van der Waals surface area contributed by atoms with Crippen LogP contribution in [0.3, 0.4) is 0 Å². The Bertz CT molecular complexity index is 400. The largest absolute Gasteiger partial charge is 0.329 e. The number of hydrogen-bond acceptors (Lipinski definition) is 2. The van der Waals surface area contributed by atoms with Crippen molar-refractivity contribution in [2.45, 2.75) is 26.3 Å². The van der Waals surface area contributed by atoms with Crippen LogP contribution in [0, 0.1) is 23.4 Å². The minimum Gasteiger partial charge on any atom is -0.329 e. The Morgan fingerprint density at radius 1 is 1.21 bits per heavy atom. The minimum absolute atomic E-state index is 0.220. The zero-order chi connectivity index (χ0) is 14.6. The lowest BCUT2D eigenvalue weighted by Crippen LogP contribution is -2.33. The van der Waals surface area contributed by atoms with Gasteiger partial charge in [0.15, 0.2) is 17.5 Å². The maximum absolute atomic E-state index is 13.3. The van der Waals surface area contributed by atoms with Crippen LogP contribution in [-0.4, -0.2) is 25.0 Å². The molecule has 0 saturated heterocycles. The summed E-state index contributed by atoms with van der Waals surface area (Å²) in [4.78, 5) is 1.94. The molecule has 5 heteroatoms. The van der Waals surface area contributed by atoms with Gasteiger partial charge in [0.2, 0.25) is 0 Å². The van der Waals surface area contributed by atoms with E-state index in [1.165, 1.54) is 0 Å². The van der Waals surface area contributed by atoms with Gasteiger partial charge in [-0.2, -0.15) is 0 Å². The predicted octanol–water partition coefficient (Wildman–Crippen LogP) is 3.08. The van der Waals surface area contributed by atoms with Gasteiger partial charge < -0.3 is 5.73 Å². The van der Waals surface area contributed by atoms with Crippen LogP contribution in [0.4, 0.5) is 13.2 Å². The van der Waals surface area contributed by atoms with Gasteiger partial charge in [0.25, 0.3) is 0 Å². The first kappa shape index (κ1) is 16.0. The first-order valence-electron chi connectivity index (χ1n) is 6.45. The summed E-state index contributed by atoms with van der Waals surface area (Å²) in [5, 5.41) is 0. The van der Waals surface area contributed by atoms with Gasteiger partial charge in [-0.05, 0) is 30.7 Å². The summed E-state index contributed by atoms with van der Waals surface area (Å²) >= 11 is 0. The van der Waals surface area contributed by atoms with Crippen LogP contribution in [0.1, 0.15) is 31.9 Å². The molecule has 2 nitrogen and oxygen atoms in total. The molecule has 2 unspecified atom stereocenters. The average Bonchev–Trinajstić information content (AvgIpc) is 2.36. The van der Waals surface area contributed by atoms with E-state index in [9.17, 15) is 13.2 Å². The van der Waals surface area contributed by atoms with Crippen LogP contribution >= 0.6 is 0 Å². The van der Waals surface area contributed by atoms with Crippen LogP contribution in [0.15, 0.2) is 12.1 Å². The van der Waals surface area contributed by atoms with Gasteiger partial charge in [-0.3, -0.25) is 4.90 Å². The van der Waals surface area contributed by atoms with Crippen LogP contribution in [0.5, 0.6) is 0 Å². The van der Waals surface area contributed by atoms with Crippen molar-refractivity contribution in [2.75, 3.05) is 20.1 Å². The van der Waals surface area contributed by atoms with E-state index in [1.54, 1.807) is 0 Å². The lowest BCUT2D eigenvalue weighted by atomic mass is 10.0. The van der Waals surface area contributed by atoms with Gasteiger partial charge in [0.05, 0.1) is 0 Å². The van der Waals surface area contributed by atoms with Gasteiger partial charge in [0, 0.05) is 19.1 Å². The highest BCUT2D eigenvalue weighted by atomic mass is 19.2. The van der Waals surface area contributed by atoms with E-state index in [4.69, 9.17) is 5.73 Å². The molecular formula is C14H21F3N2. The standard InChI is InChI=1S/C14H21F3N2/c1-4-9(2)8-19(3)13(7-18)10-5-11(15)14(17)12(16)6-10/h5-6,9,13H,4,7-8,18H2,1-3H3. The minimum atomic E-state index is -1.44. The zero-order valence-electron chi connectivity index (χ0n) is 11.6. The highest BCUT2D eigenvalue weighted by molar-refractivity contribution is 5.23. The van der Waals surface area contributed by atoms with Crippen molar-refractivity contribution < 1.29 is 13.2 Å². The normalized spacial score (nSPS) is 14.7.